The van der Waals surface area contributed by atoms with Gasteiger partial charge < -0.3 is 15.5 Å². The van der Waals surface area contributed by atoms with Gasteiger partial charge in [0, 0.05) is 6.42 Å². The number of rotatable bonds is 49. The van der Waals surface area contributed by atoms with Gasteiger partial charge in [-0.1, -0.05) is 262 Å². The number of allylic oxidation sites excluding steroid dienone is 5. The maximum atomic E-state index is 12.4. The van der Waals surface area contributed by atoms with Crippen molar-refractivity contribution in [2.75, 3.05) is 6.61 Å². The Balaban J connectivity index is 3.49. The lowest BCUT2D eigenvalue weighted by atomic mass is 10.0. The van der Waals surface area contributed by atoms with Crippen molar-refractivity contribution in [2.24, 2.45) is 0 Å². The van der Waals surface area contributed by atoms with Crippen LogP contribution < -0.4 is 5.32 Å². The van der Waals surface area contributed by atoms with Crippen LogP contribution in [-0.2, 0) is 4.79 Å². The first-order valence-corrected chi connectivity index (χ1v) is 26.7. The molecule has 0 aliphatic carbocycles. The fourth-order valence-corrected chi connectivity index (χ4v) is 8.25. The lowest BCUT2D eigenvalue weighted by Gasteiger charge is -2.19. The van der Waals surface area contributed by atoms with Crippen molar-refractivity contribution in [1.29, 1.82) is 0 Å². The molecule has 0 bridgehead atoms. The van der Waals surface area contributed by atoms with Crippen molar-refractivity contribution in [1.82, 2.24) is 5.32 Å². The molecule has 0 heterocycles. The topological polar surface area (TPSA) is 69.6 Å². The van der Waals surface area contributed by atoms with E-state index in [1.807, 2.05) is 6.08 Å². The molecule has 4 nitrogen and oxygen atoms in total. The molecular formula is C55H105NO3. The van der Waals surface area contributed by atoms with Gasteiger partial charge in [0.1, 0.15) is 0 Å². The summed E-state index contributed by atoms with van der Waals surface area (Å²) in [6.45, 7) is 4.32. The van der Waals surface area contributed by atoms with Crippen LogP contribution in [0.2, 0.25) is 0 Å². The molecule has 0 fully saturated rings. The molecule has 59 heavy (non-hydrogen) atoms. The second kappa shape index (κ2) is 51.0. The average Bonchev–Trinajstić information content (AvgIpc) is 3.24. The molecule has 0 aromatic heterocycles. The van der Waals surface area contributed by atoms with E-state index in [0.717, 1.165) is 32.1 Å². The minimum absolute atomic E-state index is 0.0705. The van der Waals surface area contributed by atoms with Crippen LogP contribution in [-0.4, -0.2) is 34.9 Å². The first kappa shape index (κ1) is 57.6. The van der Waals surface area contributed by atoms with Gasteiger partial charge in [-0.05, 0) is 57.8 Å². The molecule has 1 amide bonds. The summed E-state index contributed by atoms with van der Waals surface area (Å²) in [5.41, 5.74) is 0. The zero-order chi connectivity index (χ0) is 42.8. The Labute approximate surface area is 370 Å². The van der Waals surface area contributed by atoms with Gasteiger partial charge in [-0.3, -0.25) is 4.79 Å². The molecule has 0 aromatic carbocycles. The van der Waals surface area contributed by atoms with Crippen molar-refractivity contribution in [2.45, 2.75) is 302 Å². The molecule has 2 atom stereocenters. The number of hydrogen-bond donors (Lipinski definition) is 3. The summed E-state index contributed by atoms with van der Waals surface area (Å²) >= 11 is 0. The highest BCUT2D eigenvalue weighted by molar-refractivity contribution is 5.76. The summed E-state index contributed by atoms with van der Waals surface area (Å²) in [7, 11) is 0. The molecule has 2 unspecified atom stereocenters. The van der Waals surface area contributed by atoms with Crippen LogP contribution in [0.1, 0.15) is 290 Å². The first-order valence-electron chi connectivity index (χ1n) is 26.7. The van der Waals surface area contributed by atoms with E-state index in [0.29, 0.717) is 6.42 Å². The predicted octanol–water partition coefficient (Wildman–Crippen LogP) is 17.3. The van der Waals surface area contributed by atoms with Crippen molar-refractivity contribution in [3.05, 3.63) is 36.5 Å². The van der Waals surface area contributed by atoms with E-state index < -0.39 is 12.1 Å². The second-order valence-electron chi connectivity index (χ2n) is 18.3. The maximum absolute atomic E-state index is 12.4. The molecule has 0 aliphatic heterocycles. The number of nitrogens with one attached hydrogen (secondary N) is 1. The quantitative estimate of drug-likeness (QED) is 0.0423. The second-order valence-corrected chi connectivity index (χ2v) is 18.3. The Hall–Kier alpha value is -1.39. The Bertz CT molecular complexity index is 897. The third-order valence-corrected chi connectivity index (χ3v) is 12.3. The highest BCUT2D eigenvalue weighted by Crippen LogP contribution is 2.16. The largest absolute Gasteiger partial charge is 0.394 e. The summed E-state index contributed by atoms with van der Waals surface area (Å²) in [5.74, 6) is -0.0705. The van der Waals surface area contributed by atoms with Gasteiger partial charge in [-0.2, -0.15) is 0 Å². The Morgan fingerprint density at radius 1 is 0.390 bits per heavy atom. The summed E-state index contributed by atoms with van der Waals surface area (Å²) in [6, 6.07) is -0.638. The Morgan fingerprint density at radius 2 is 0.661 bits per heavy atom. The molecule has 348 valence electrons. The van der Waals surface area contributed by atoms with E-state index in [2.05, 4.69) is 43.5 Å². The first-order chi connectivity index (χ1) is 29.2. The fourth-order valence-electron chi connectivity index (χ4n) is 8.25. The van der Waals surface area contributed by atoms with E-state index >= 15 is 0 Å². The third kappa shape index (κ3) is 47.5. The smallest absolute Gasteiger partial charge is 0.220 e. The van der Waals surface area contributed by atoms with E-state index in [9.17, 15) is 15.0 Å². The van der Waals surface area contributed by atoms with Crippen LogP contribution in [0.4, 0.5) is 0 Å². The summed E-state index contributed by atoms with van der Waals surface area (Å²) in [5, 5.41) is 23.1. The van der Waals surface area contributed by atoms with Crippen LogP contribution in [0.5, 0.6) is 0 Å². The summed E-state index contributed by atoms with van der Waals surface area (Å²) in [6.07, 6.45) is 68.7. The molecule has 0 rings (SSSR count). The average molecular weight is 828 g/mol. The zero-order valence-corrected chi connectivity index (χ0v) is 40.0. The lowest BCUT2D eigenvalue weighted by molar-refractivity contribution is -0.123. The number of aliphatic hydroxyl groups excluding tert-OH is 2. The molecule has 0 aliphatic rings. The molecule has 3 N–H and O–H groups in total. The summed E-state index contributed by atoms with van der Waals surface area (Å²) < 4.78 is 0. The van der Waals surface area contributed by atoms with Gasteiger partial charge in [0.15, 0.2) is 0 Å². The molecule has 0 saturated carbocycles. The molecule has 0 spiro atoms. The number of unbranched alkanes of at least 4 members (excludes halogenated alkanes) is 38. The van der Waals surface area contributed by atoms with Crippen molar-refractivity contribution in [3.8, 4) is 0 Å². The van der Waals surface area contributed by atoms with Gasteiger partial charge in [0.05, 0.1) is 18.8 Å². The number of hydrogen-bond acceptors (Lipinski definition) is 3. The van der Waals surface area contributed by atoms with Gasteiger partial charge in [-0.15, -0.1) is 0 Å². The minimum atomic E-state index is -0.861. The van der Waals surface area contributed by atoms with Crippen LogP contribution in [0.3, 0.4) is 0 Å². The van der Waals surface area contributed by atoms with Gasteiger partial charge in [0.25, 0.3) is 0 Å². The van der Waals surface area contributed by atoms with Gasteiger partial charge in [-0.25, -0.2) is 0 Å². The van der Waals surface area contributed by atoms with Crippen LogP contribution >= 0.6 is 0 Å². The minimum Gasteiger partial charge on any atom is -0.394 e. The van der Waals surface area contributed by atoms with Crippen LogP contribution in [0.15, 0.2) is 36.5 Å². The number of carbonyl (C=O) groups is 1. The van der Waals surface area contributed by atoms with Crippen LogP contribution in [0, 0.1) is 0 Å². The van der Waals surface area contributed by atoms with Crippen molar-refractivity contribution in [3.63, 3.8) is 0 Å². The molecule has 4 heteroatoms. The van der Waals surface area contributed by atoms with Crippen LogP contribution in [0.25, 0.3) is 0 Å². The zero-order valence-electron chi connectivity index (χ0n) is 40.0. The van der Waals surface area contributed by atoms with E-state index in [1.54, 1.807) is 6.08 Å². The maximum Gasteiger partial charge on any atom is 0.220 e. The normalized spacial score (nSPS) is 13.1. The molecule has 0 radical (unpaired) electrons. The van der Waals surface area contributed by atoms with E-state index in [1.165, 1.54) is 238 Å². The Morgan fingerprint density at radius 3 is 0.983 bits per heavy atom. The van der Waals surface area contributed by atoms with Gasteiger partial charge in [0.2, 0.25) is 5.91 Å². The third-order valence-electron chi connectivity index (χ3n) is 12.3. The van der Waals surface area contributed by atoms with E-state index in [4.69, 9.17) is 0 Å². The molecular weight excluding hydrogens is 723 g/mol. The highest BCUT2D eigenvalue weighted by Gasteiger charge is 2.17. The monoisotopic (exact) mass is 828 g/mol. The fraction of sp³-hybridized carbons (Fsp3) is 0.873. The number of carbonyl (C=O) groups excluding carboxylic acids is 1. The molecule has 0 aromatic rings. The SMILES string of the molecule is CCCCCCCCCCCCC/C=C/CC/C=C/C(O)C(CO)NC(=O)CCCCCCCCCCCCCCCC/C=C\CCCCCCCCCCCCCC. The summed E-state index contributed by atoms with van der Waals surface area (Å²) in [4.78, 5) is 12.4. The number of aliphatic hydroxyl groups is 2. The van der Waals surface area contributed by atoms with Crippen molar-refractivity contribution < 1.29 is 15.0 Å². The van der Waals surface area contributed by atoms with E-state index in [-0.39, 0.29) is 12.5 Å². The Kier molecular flexibility index (Phi) is 49.8. The number of amides is 1. The lowest BCUT2D eigenvalue weighted by Crippen LogP contribution is -2.45. The highest BCUT2D eigenvalue weighted by atomic mass is 16.3. The van der Waals surface area contributed by atoms with Crippen molar-refractivity contribution >= 4 is 5.91 Å². The van der Waals surface area contributed by atoms with Gasteiger partial charge >= 0.3 is 0 Å². The predicted molar refractivity (Wildman–Crippen MR) is 262 cm³/mol. The molecule has 0 saturated heterocycles. The standard InChI is InChI=1S/C55H105NO3/c1-3-5-7-9-11-13-15-17-19-21-22-23-24-25-26-27-28-29-30-31-32-33-35-37-39-41-43-45-47-49-51-55(59)56-53(52-57)54(58)50-48-46-44-42-40-38-36-34-20-18-16-14-12-10-8-6-4-2/h25-26,40,42,48,50,53-54,57-58H,3-24,27-39,41,43-47,49,51-52H2,1-2H3,(H,56,59)/b26-25-,42-40+,50-48+.